The first-order valence-corrected chi connectivity index (χ1v) is 5.79. The summed E-state index contributed by atoms with van der Waals surface area (Å²) < 4.78 is 5.22. The van der Waals surface area contributed by atoms with Gasteiger partial charge in [0.15, 0.2) is 5.15 Å². The van der Waals surface area contributed by atoms with Gasteiger partial charge in [-0.3, -0.25) is 4.79 Å². The third kappa shape index (κ3) is 3.17. The summed E-state index contributed by atoms with van der Waals surface area (Å²) in [6.07, 6.45) is 2.22. The van der Waals surface area contributed by atoms with Crippen LogP contribution in [-0.4, -0.2) is 23.6 Å². The average molecular weight is 257 g/mol. The summed E-state index contributed by atoms with van der Waals surface area (Å²) in [5, 5.41) is 3.01. The summed E-state index contributed by atoms with van der Waals surface area (Å²) in [5.41, 5.74) is 0.585. The van der Waals surface area contributed by atoms with Crippen molar-refractivity contribution in [2.24, 2.45) is 0 Å². The first kappa shape index (κ1) is 13.9. The number of ether oxygens (including phenoxy) is 1. The predicted molar refractivity (Wildman–Crippen MR) is 68.3 cm³/mol. The lowest BCUT2D eigenvalue weighted by Crippen LogP contribution is -2.41. The molecule has 1 aromatic heterocycles. The van der Waals surface area contributed by atoms with E-state index in [4.69, 9.17) is 16.3 Å². The zero-order chi connectivity index (χ0) is 13.1. The number of halogens is 1. The van der Waals surface area contributed by atoms with Crippen molar-refractivity contribution in [2.45, 2.75) is 32.8 Å². The van der Waals surface area contributed by atoms with E-state index < -0.39 is 5.60 Å². The Morgan fingerprint density at radius 1 is 1.65 bits per heavy atom. The number of anilines is 1. The van der Waals surface area contributed by atoms with Gasteiger partial charge in [0.25, 0.3) is 5.91 Å². The smallest absolute Gasteiger partial charge is 0.256 e. The summed E-state index contributed by atoms with van der Waals surface area (Å²) >= 11 is 5.91. The third-order valence-electron chi connectivity index (χ3n) is 2.83. The highest BCUT2D eigenvalue weighted by atomic mass is 35.5. The van der Waals surface area contributed by atoms with E-state index in [1.54, 1.807) is 19.2 Å². The number of hydrogen-bond acceptors (Lipinski definition) is 3. The average Bonchev–Trinajstić information content (AvgIpc) is 2.32. The molecule has 0 aliphatic rings. The molecule has 0 saturated carbocycles. The number of carbonyl (C=O) groups excluding carboxylic acids is 1. The lowest BCUT2D eigenvalue weighted by Gasteiger charge is -2.25. The molecule has 1 rings (SSSR count). The highest BCUT2D eigenvalue weighted by molar-refractivity contribution is 6.32. The van der Waals surface area contributed by atoms with Crippen molar-refractivity contribution < 1.29 is 9.53 Å². The van der Waals surface area contributed by atoms with Crippen LogP contribution in [0.25, 0.3) is 0 Å². The van der Waals surface area contributed by atoms with Crippen LogP contribution in [0.15, 0.2) is 12.3 Å². The normalized spacial score (nSPS) is 14.2. The zero-order valence-electron chi connectivity index (χ0n) is 10.5. The van der Waals surface area contributed by atoms with Crippen LogP contribution in [0.3, 0.4) is 0 Å². The minimum Gasteiger partial charge on any atom is -0.369 e. The zero-order valence-corrected chi connectivity index (χ0v) is 11.3. The van der Waals surface area contributed by atoms with Gasteiger partial charge in [-0.1, -0.05) is 18.5 Å². The van der Waals surface area contributed by atoms with Gasteiger partial charge in [0.1, 0.15) is 5.60 Å². The summed E-state index contributed by atoms with van der Waals surface area (Å²) in [5.74, 6) is -0.225. The van der Waals surface area contributed by atoms with Crippen molar-refractivity contribution in [1.29, 1.82) is 0 Å². The maximum atomic E-state index is 12.0. The Morgan fingerprint density at radius 2 is 2.29 bits per heavy atom. The molecular formula is C12H17ClN2O2. The van der Waals surface area contributed by atoms with Crippen LogP contribution in [0.2, 0.25) is 5.15 Å². The molecule has 1 aromatic rings. The molecule has 94 valence electrons. The molecule has 5 heteroatoms. The number of nitrogens with one attached hydrogen (secondary N) is 1. The van der Waals surface area contributed by atoms with E-state index in [1.165, 1.54) is 7.11 Å². The van der Waals surface area contributed by atoms with Crippen molar-refractivity contribution in [3.8, 4) is 0 Å². The molecule has 0 saturated heterocycles. The maximum Gasteiger partial charge on any atom is 0.256 e. The first-order valence-electron chi connectivity index (χ1n) is 5.41. The molecule has 0 aliphatic carbocycles. The summed E-state index contributed by atoms with van der Waals surface area (Å²) in [6.45, 7) is 5.51. The number of methoxy groups -OCH3 is 1. The van der Waals surface area contributed by atoms with Gasteiger partial charge in [0.05, 0.1) is 5.69 Å². The van der Waals surface area contributed by atoms with E-state index >= 15 is 0 Å². The SMILES string of the molecule is CCC(C)(OC)C(=O)Nc1cc(C)cnc1Cl. The second-order valence-corrected chi connectivity index (χ2v) is 4.45. The van der Waals surface area contributed by atoms with Gasteiger partial charge >= 0.3 is 0 Å². The molecule has 0 bridgehead atoms. The van der Waals surface area contributed by atoms with Crippen LogP contribution in [0, 0.1) is 6.92 Å². The third-order valence-corrected chi connectivity index (χ3v) is 3.13. The molecule has 0 aliphatic heterocycles. The summed E-state index contributed by atoms with van der Waals surface area (Å²) in [6, 6.07) is 1.78. The van der Waals surface area contributed by atoms with E-state index in [1.807, 2.05) is 13.8 Å². The molecule has 4 nitrogen and oxygen atoms in total. The second-order valence-electron chi connectivity index (χ2n) is 4.09. The van der Waals surface area contributed by atoms with Gasteiger partial charge in [-0.05, 0) is 31.9 Å². The minimum absolute atomic E-state index is 0.225. The Kier molecular flexibility index (Phi) is 4.48. The molecule has 1 unspecified atom stereocenters. The first-order chi connectivity index (χ1) is 7.92. The highest BCUT2D eigenvalue weighted by Crippen LogP contribution is 2.23. The molecule has 1 heterocycles. The van der Waals surface area contributed by atoms with E-state index in [0.29, 0.717) is 12.1 Å². The molecule has 0 radical (unpaired) electrons. The fraction of sp³-hybridized carbons (Fsp3) is 0.500. The van der Waals surface area contributed by atoms with E-state index in [0.717, 1.165) is 5.56 Å². The monoisotopic (exact) mass is 256 g/mol. The fourth-order valence-corrected chi connectivity index (χ4v) is 1.44. The lowest BCUT2D eigenvalue weighted by molar-refractivity contribution is -0.136. The number of amides is 1. The Morgan fingerprint density at radius 3 is 2.82 bits per heavy atom. The number of aryl methyl sites for hydroxylation is 1. The van der Waals surface area contributed by atoms with Crippen LogP contribution in [0.1, 0.15) is 25.8 Å². The van der Waals surface area contributed by atoms with Crippen LogP contribution in [-0.2, 0) is 9.53 Å². The molecule has 1 N–H and O–H groups in total. The molecule has 0 fully saturated rings. The van der Waals surface area contributed by atoms with Crippen LogP contribution in [0.5, 0.6) is 0 Å². The van der Waals surface area contributed by atoms with Crippen molar-refractivity contribution in [2.75, 3.05) is 12.4 Å². The number of hydrogen-bond donors (Lipinski definition) is 1. The maximum absolute atomic E-state index is 12.0. The molecule has 1 amide bonds. The van der Waals surface area contributed by atoms with Gasteiger partial charge in [-0.25, -0.2) is 4.98 Å². The highest BCUT2D eigenvalue weighted by Gasteiger charge is 2.31. The number of rotatable bonds is 4. The molecule has 0 aromatic carbocycles. The molecular weight excluding hydrogens is 240 g/mol. The Balaban J connectivity index is 2.91. The van der Waals surface area contributed by atoms with Gasteiger partial charge in [-0.2, -0.15) is 0 Å². The number of nitrogens with zero attached hydrogens (tertiary/aromatic N) is 1. The van der Waals surface area contributed by atoms with Crippen LogP contribution >= 0.6 is 11.6 Å². The topological polar surface area (TPSA) is 51.2 Å². The van der Waals surface area contributed by atoms with Crippen molar-refractivity contribution in [3.05, 3.63) is 23.0 Å². The number of pyridine rings is 1. The molecule has 0 spiro atoms. The Hall–Kier alpha value is -1.13. The van der Waals surface area contributed by atoms with E-state index in [2.05, 4.69) is 10.3 Å². The minimum atomic E-state index is -0.854. The van der Waals surface area contributed by atoms with Gasteiger partial charge < -0.3 is 10.1 Å². The van der Waals surface area contributed by atoms with Gasteiger partial charge in [0.2, 0.25) is 0 Å². The largest absolute Gasteiger partial charge is 0.369 e. The standard InChI is InChI=1S/C12H17ClN2O2/c1-5-12(3,17-4)11(16)15-9-6-8(2)7-14-10(9)13/h6-7H,5H2,1-4H3,(H,15,16). The Labute approximate surface area is 106 Å². The summed E-state index contributed by atoms with van der Waals surface area (Å²) in [7, 11) is 1.51. The van der Waals surface area contributed by atoms with Crippen molar-refractivity contribution in [1.82, 2.24) is 4.98 Å². The van der Waals surface area contributed by atoms with Crippen LogP contribution in [0.4, 0.5) is 5.69 Å². The Bertz CT molecular complexity index is 417. The quantitative estimate of drug-likeness (QED) is 0.843. The van der Waals surface area contributed by atoms with E-state index in [-0.39, 0.29) is 11.1 Å². The van der Waals surface area contributed by atoms with Crippen molar-refractivity contribution >= 4 is 23.2 Å². The van der Waals surface area contributed by atoms with Gasteiger partial charge in [0, 0.05) is 13.3 Å². The fourth-order valence-electron chi connectivity index (χ4n) is 1.29. The predicted octanol–water partition coefficient (Wildman–Crippen LogP) is 2.80. The number of aromatic nitrogens is 1. The van der Waals surface area contributed by atoms with Gasteiger partial charge in [-0.15, -0.1) is 0 Å². The van der Waals surface area contributed by atoms with E-state index in [9.17, 15) is 4.79 Å². The van der Waals surface area contributed by atoms with Crippen molar-refractivity contribution in [3.63, 3.8) is 0 Å². The molecule has 1 atom stereocenters. The molecule has 17 heavy (non-hydrogen) atoms. The lowest BCUT2D eigenvalue weighted by atomic mass is 10.0. The second kappa shape index (κ2) is 5.47. The van der Waals surface area contributed by atoms with Crippen LogP contribution < -0.4 is 5.32 Å². The number of carbonyl (C=O) groups is 1. The summed E-state index contributed by atoms with van der Waals surface area (Å²) in [4.78, 5) is 16.0.